The Bertz CT molecular complexity index is 863. The zero-order valence-electron chi connectivity index (χ0n) is 13.6. The fourth-order valence-electron chi connectivity index (χ4n) is 3.91. The molecular formula is C18H17Cl2N3O3. The smallest absolute Gasteiger partial charge is 0.230 e. The number of ether oxygens (including phenoxy) is 1. The summed E-state index contributed by atoms with van der Waals surface area (Å²) in [4.78, 5) is 17.0. The molecule has 0 saturated carbocycles. The van der Waals surface area contributed by atoms with Crippen LogP contribution in [0.25, 0.3) is 0 Å². The van der Waals surface area contributed by atoms with Crippen molar-refractivity contribution in [2.45, 2.75) is 30.7 Å². The molecule has 2 bridgehead atoms. The molecule has 2 aliphatic heterocycles. The molecule has 0 spiro atoms. The van der Waals surface area contributed by atoms with Gasteiger partial charge >= 0.3 is 0 Å². The Labute approximate surface area is 160 Å². The molecule has 2 saturated heterocycles. The van der Waals surface area contributed by atoms with Gasteiger partial charge in [0, 0.05) is 24.2 Å². The standard InChI is InChI=1S/C18H17Cl2N3O3/c19-10-2-1-9(6-11(10)20)23-18(25)16-13-7-12(24)17(26-13)15(16)8-3-4-22-14(21)5-8/h1-6,12-13,15-17,24H,7H2,(H2,21,22)(H,23,25)/t12-,13+,15+,16+,17-/m0/s1. The maximum atomic E-state index is 13.0. The van der Waals surface area contributed by atoms with Crippen molar-refractivity contribution in [3.8, 4) is 0 Å². The highest BCUT2D eigenvalue weighted by molar-refractivity contribution is 6.42. The molecule has 1 amide bonds. The normalized spacial score (nSPS) is 29.7. The van der Waals surface area contributed by atoms with E-state index < -0.39 is 18.1 Å². The largest absolute Gasteiger partial charge is 0.390 e. The Hall–Kier alpha value is -1.86. The summed E-state index contributed by atoms with van der Waals surface area (Å²) in [5, 5.41) is 13.9. The van der Waals surface area contributed by atoms with Crippen LogP contribution in [0.5, 0.6) is 0 Å². The third-order valence-corrected chi connectivity index (χ3v) is 5.75. The van der Waals surface area contributed by atoms with Gasteiger partial charge in [0.15, 0.2) is 0 Å². The fourth-order valence-corrected chi connectivity index (χ4v) is 4.21. The summed E-state index contributed by atoms with van der Waals surface area (Å²) in [6.07, 6.45) is 0.634. The van der Waals surface area contributed by atoms with Gasteiger partial charge in [-0.2, -0.15) is 0 Å². The minimum atomic E-state index is -0.603. The molecule has 6 nitrogen and oxygen atoms in total. The molecule has 1 aromatic carbocycles. The van der Waals surface area contributed by atoms with E-state index in [9.17, 15) is 9.90 Å². The van der Waals surface area contributed by atoms with Crippen molar-refractivity contribution in [2.75, 3.05) is 11.1 Å². The number of rotatable bonds is 3. The highest BCUT2D eigenvalue weighted by Gasteiger charge is 2.57. The van der Waals surface area contributed by atoms with Crippen LogP contribution in [0.3, 0.4) is 0 Å². The van der Waals surface area contributed by atoms with Crippen molar-refractivity contribution in [2.24, 2.45) is 5.92 Å². The summed E-state index contributed by atoms with van der Waals surface area (Å²) in [5.41, 5.74) is 7.18. The van der Waals surface area contributed by atoms with Gasteiger partial charge in [0.05, 0.1) is 34.3 Å². The number of hydrogen-bond acceptors (Lipinski definition) is 5. The van der Waals surface area contributed by atoms with Crippen LogP contribution in [-0.2, 0) is 9.53 Å². The molecule has 136 valence electrons. The maximum absolute atomic E-state index is 13.0. The highest BCUT2D eigenvalue weighted by atomic mass is 35.5. The minimum absolute atomic E-state index is 0.192. The van der Waals surface area contributed by atoms with Crippen LogP contribution < -0.4 is 11.1 Å². The molecule has 2 aliphatic rings. The number of benzene rings is 1. The number of nitrogens with zero attached hydrogens (tertiary/aromatic N) is 1. The Morgan fingerprint density at radius 3 is 2.81 bits per heavy atom. The topological polar surface area (TPSA) is 97.5 Å². The number of aliphatic hydroxyl groups excluding tert-OH is 1. The van der Waals surface area contributed by atoms with E-state index in [1.165, 1.54) is 0 Å². The van der Waals surface area contributed by atoms with Gasteiger partial charge in [-0.1, -0.05) is 23.2 Å². The molecule has 4 N–H and O–H groups in total. The van der Waals surface area contributed by atoms with Crippen molar-refractivity contribution in [1.82, 2.24) is 4.98 Å². The van der Waals surface area contributed by atoms with Crippen molar-refractivity contribution < 1.29 is 14.6 Å². The first-order valence-electron chi connectivity index (χ1n) is 8.25. The SMILES string of the molecule is Nc1cc([C@H]2[C@H]3O[C@H](C[C@@H]3O)[C@H]2C(=O)Nc2ccc(Cl)c(Cl)c2)ccn1. The lowest BCUT2D eigenvalue weighted by Gasteiger charge is -2.30. The molecule has 8 heteroatoms. The van der Waals surface area contributed by atoms with Gasteiger partial charge in [0.1, 0.15) is 5.82 Å². The lowest BCUT2D eigenvalue weighted by molar-refractivity contribution is -0.121. The van der Waals surface area contributed by atoms with E-state index in [1.807, 2.05) is 0 Å². The third kappa shape index (κ3) is 3.03. The van der Waals surface area contributed by atoms with Gasteiger partial charge in [-0.15, -0.1) is 0 Å². The van der Waals surface area contributed by atoms with Crippen molar-refractivity contribution in [3.63, 3.8) is 0 Å². The molecule has 26 heavy (non-hydrogen) atoms. The first kappa shape index (κ1) is 17.5. The molecule has 2 aromatic rings. The van der Waals surface area contributed by atoms with E-state index in [4.69, 9.17) is 33.7 Å². The van der Waals surface area contributed by atoms with Crippen LogP contribution in [0, 0.1) is 5.92 Å². The van der Waals surface area contributed by atoms with Crippen LogP contribution in [0.2, 0.25) is 10.0 Å². The molecule has 4 rings (SSSR count). The monoisotopic (exact) mass is 393 g/mol. The predicted molar refractivity (Wildman–Crippen MR) is 99.3 cm³/mol. The van der Waals surface area contributed by atoms with Gasteiger partial charge < -0.3 is 20.9 Å². The van der Waals surface area contributed by atoms with E-state index in [-0.39, 0.29) is 17.9 Å². The Morgan fingerprint density at radius 1 is 1.27 bits per heavy atom. The number of amides is 1. The molecule has 0 unspecified atom stereocenters. The van der Waals surface area contributed by atoms with Gasteiger partial charge in [-0.3, -0.25) is 4.79 Å². The summed E-state index contributed by atoms with van der Waals surface area (Å²) in [6, 6.07) is 8.44. The summed E-state index contributed by atoms with van der Waals surface area (Å²) >= 11 is 11.9. The maximum Gasteiger partial charge on any atom is 0.230 e. The van der Waals surface area contributed by atoms with Crippen molar-refractivity contribution in [3.05, 3.63) is 52.1 Å². The molecular weight excluding hydrogens is 377 g/mol. The number of halogens is 2. The van der Waals surface area contributed by atoms with Gasteiger partial charge in [0.2, 0.25) is 5.91 Å². The van der Waals surface area contributed by atoms with Crippen LogP contribution in [-0.4, -0.2) is 34.3 Å². The first-order chi connectivity index (χ1) is 12.4. The molecule has 5 atom stereocenters. The number of nitrogens with two attached hydrogens (primary N) is 1. The second kappa shape index (κ2) is 6.70. The van der Waals surface area contributed by atoms with E-state index in [0.29, 0.717) is 28.0 Å². The van der Waals surface area contributed by atoms with Gasteiger partial charge in [-0.05, 0) is 35.9 Å². The van der Waals surface area contributed by atoms with Gasteiger partial charge in [-0.25, -0.2) is 4.98 Å². The quantitative estimate of drug-likeness (QED) is 0.744. The number of hydrogen-bond donors (Lipinski definition) is 3. The average Bonchev–Trinajstić information content (AvgIpc) is 3.15. The molecule has 0 aliphatic carbocycles. The van der Waals surface area contributed by atoms with Crippen molar-refractivity contribution >= 4 is 40.6 Å². The second-order valence-corrected chi connectivity index (χ2v) is 7.44. The second-order valence-electron chi connectivity index (χ2n) is 6.63. The fraction of sp³-hybridized carbons (Fsp3) is 0.333. The number of anilines is 2. The van der Waals surface area contributed by atoms with Crippen molar-refractivity contribution in [1.29, 1.82) is 0 Å². The van der Waals surface area contributed by atoms with Crippen LogP contribution >= 0.6 is 23.2 Å². The number of fused-ring (bicyclic) bond motifs is 2. The van der Waals surface area contributed by atoms with E-state index in [0.717, 1.165) is 5.56 Å². The molecule has 0 radical (unpaired) electrons. The summed E-state index contributed by atoms with van der Waals surface area (Å²) in [6.45, 7) is 0. The lowest BCUT2D eigenvalue weighted by atomic mass is 9.74. The minimum Gasteiger partial charge on any atom is -0.390 e. The predicted octanol–water partition coefficient (Wildman–Crippen LogP) is 2.84. The first-order valence-corrected chi connectivity index (χ1v) is 9.00. The summed E-state index contributed by atoms with van der Waals surface area (Å²) in [5.74, 6) is -0.567. The average molecular weight is 394 g/mol. The van der Waals surface area contributed by atoms with E-state index in [1.54, 1.807) is 36.5 Å². The summed E-state index contributed by atoms with van der Waals surface area (Å²) in [7, 11) is 0. The number of aromatic nitrogens is 1. The van der Waals surface area contributed by atoms with E-state index >= 15 is 0 Å². The zero-order valence-corrected chi connectivity index (χ0v) is 15.1. The number of aliphatic hydroxyl groups is 1. The molecule has 3 heterocycles. The van der Waals surface area contributed by atoms with Crippen LogP contribution in [0.4, 0.5) is 11.5 Å². The summed E-state index contributed by atoms with van der Waals surface area (Å²) < 4.78 is 5.89. The van der Waals surface area contributed by atoms with Gasteiger partial charge in [0.25, 0.3) is 0 Å². The number of pyridine rings is 1. The number of nitrogen functional groups attached to an aromatic ring is 1. The zero-order chi connectivity index (χ0) is 18.4. The third-order valence-electron chi connectivity index (χ3n) is 5.01. The lowest BCUT2D eigenvalue weighted by Crippen LogP contribution is -2.41. The Morgan fingerprint density at radius 2 is 2.08 bits per heavy atom. The number of carbonyl (C=O) groups is 1. The Kier molecular flexibility index (Phi) is 4.52. The highest BCUT2D eigenvalue weighted by Crippen LogP contribution is 2.49. The van der Waals surface area contributed by atoms with E-state index in [2.05, 4.69) is 10.3 Å². The Balaban J connectivity index is 1.62. The molecule has 2 fully saturated rings. The number of nitrogens with one attached hydrogen (secondary N) is 1. The molecule has 1 aromatic heterocycles. The number of carbonyl (C=O) groups excluding carboxylic acids is 1. The van der Waals surface area contributed by atoms with Crippen LogP contribution in [0.15, 0.2) is 36.5 Å². The van der Waals surface area contributed by atoms with Crippen LogP contribution in [0.1, 0.15) is 17.9 Å².